The Morgan fingerprint density at radius 2 is 1.85 bits per heavy atom. The van der Waals surface area contributed by atoms with Crippen molar-refractivity contribution in [3.8, 4) is 5.75 Å². The van der Waals surface area contributed by atoms with Crippen molar-refractivity contribution in [1.82, 2.24) is 4.57 Å². The first-order chi connectivity index (χ1) is 16.4. The standard InChI is InChI=1S/C25H22N2O6S/c1-3-32-24(31)21-15(2)26-25-27(22(21)17-7-5-4-6-8-17)23(30)19(34-25)13-16-9-11-18(12-10-16)33-14-20(28)29/h4-13,22H,3,14H2,1-2H3,(H,28,29)/p-1/b19-13-/t22-/m0/s1. The number of hydrogen-bond acceptors (Lipinski definition) is 8. The van der Waals surface area contributed by atoms with Gasteiger partial charge in [-0.1, -0.05) is 53.8 Å². The third-order valence-electron chi connectivity index (χ3n) is 5.17. The van der Waals surface area contributed by atoms with Gasteiger partial charge < -0.3 is 19.4 Å². The number of fused-ring (bicyclic) bond motifs is 1. The van der Waals surface area contributed by atoms with Crippen molar-refractivity contribution in [2.24, 2.45) is 4.99 Å². The number of allylic oxidation sites excluding steroid dienone is 1. The first-order valence-corrected chi connectivity index (χ1v) is 11.4. The number of aromatic nitrogens is 1. The molecule has 8 nitrogen and oxygen atoms in total. The molecule has 34 heavy (non-hydrogen) atoms. The highest BCUT2D eigenvalue weighted by molar-refractivity contribution is 7.07. The van der Waals surface area contributed by atoms with E-state index in [4.69, 9.17) is 9.47 Å². The Labute approximate surface area is 198 Å². The van der Waals surface area contributed by atoms with Gasteiger partial charge in [0, 0.05) is 0 Å². The first kappa shape index (κ1) is 23.2. The minimum absolute atomic E-state index is 0.213. The predicted molar refractivity (Wildman–Crippen MR) is 124 cm³/mol. The zero-order valence-electron chi connectivity index (χ0n) is 18.5. The fraction of sp³-hybridized carbons (Fsp3) is 0.200. The van der Waals surface area contributed by atoms with Gasteiger partial charge in [-0.3, -0.25) is 9.36 Å². The lowest BCUT2D eigenvalue weighted by Crippen LogP contribution is -2.39. The molecular weight excluding hydrogens is 456 g/mol. The van der Waals surface area contributed by atoms with E-state index in [1.807, 2.05) is 30.3 Å². The van der Waals surface area contributed by atoms with E-state index in [1.54, 1.807) is 44.2 Å². The summed E-state index contributed by atoms with van der Waals surface area (Å²) in [5.41, 5.74) is 2.07. The van der Waals surface area contributed by atoms with Crippen LogP contribution in [0.3, 0.4) is 0 Å². The van der Waals surface area contributed by atoms with E-state index in [-0.39, 0.29) is 12.2 Å². The Bertz CT molecular complexity index is 1440. The fourth-order valence-corrected chi connectivity index (χ4v) is 4.74. The minimum atomic E-state index is -1.31. The molecule has 0 spiro atoms. The Hall–Kier alpha value is -3.98. The average Bonchev–Trinajstić information content (AvgIpc) is 3.12. The third-order valence-corrected chi connectivity index (χ3v) is 6.15. The molecule has 0 radical (unpaired) electrons. The number of rotatable bonds is 7. The lowest BCUT2D eigenvalue weighted by Gasteiger charge is -2.24. The van der Waals surface area contributed by atoms with Crippen LogP contribution < -0.4 is 24.7 Å². The van der Waals surface area contributed by atoms with Crippen molar-refractivity contribution in [1.29, 1.82) is 0 Å². The lowest BCUT2D eigenvalue weighted by molar-refractivity contribution is -0.307. The third kappa shape index (κ3) is 4.69. The maximum absolute atomic E-state index is 13.5. The topological polar surface area (TPSA) is 110 Å². The van der Waals surface area contributed by atoms with E-state index >= 15 is 0 Å². The van der Waals surface area contributed by atoms with Gasteiger partial charge in [-0.2, -0.15) is 0 Å². The quantitative estimate of drug-likeness (QED) is 0.468. The molecule has 3 aromatic rings. The molecular formula is C25H21N2O6S-. The SMILES string of the molecule is CCOC(=O)C1=C(C)N=c2s/c(=C\c3ccc(OCC(=O)[O-])cc3)c(=O)n2[C@H]1c1ccccc1. The Kier molecular flexibility index (Phi) is 6.74. The second-order valence-corrected chi connectivity index (χ2v) is 8.45. The van der Waals surface area contributed by atoms with Gasteiger partial charge >= 0.3 is 5.97 Å². The van der Waals surface area contributed by atoms with Crippen molar-refractivity contribution < 1.29 is 24.2 Å². The van der Waals surface area contributed by atoms with Crippen molar-refractivity contribution >= 4 is 29.4 Å². The lowest BCUT2D eigenvalue weighted by atomic mass is 9.96. The average molecular weight is 478 g/mol. The van der Waals surface area contributed by atoms with Gasteiger partial charge in [0.2, 0.25) is 0 Å². The van der Waals surface area contributed by atoms with E-state index < -0.39 is 24.6 Å². The van der Waals surface area contributed by atoms with Crippen LogP contribution in [-0.4, -0.2) is 29.7 Å². The smallest absolute Gasteiger partial charge is 0.338 e. The van der Waals surface area contributed by atoms with Gasteiger partial charge in [0.1, 0.15) is 12.4 Å². The second-order valence-electron chi connectivity index (χ2n) is 7.44. The summed E-state index contributed by atoms with van der Waals surface area (Å²) >= 11 is 1.23. The molecule has 2 aromatic carbocycles. The molecule has 0 fully saturated rings. The summed E-state index contributed by atoms with van der Waals surface area (Å²) in [5.74, 6) is -1.43. The molecule has 1 aromatic heterocycles. The van der Waals surface area contributed by atoms with Crippen molar-refractivity contribution in [3.05, 3.63) is 96.7 Å². The molecule has 4 rings (SSSR count). The van der Waals surface area contributed by atoms with Crippen molar-refractivity contribution in [3.63, 3.8) is 0 Å². The number of carbonyl (C=O) groups excluding carboxylic acids is 2. The number of carboxylic acid groups (broad SMARTS) is 1. The van der Waals surface area contributed by atoms with Crippen LogP contribution in [0.1, 0.15) is 31.0 Å². The molecule has 0 saturated heterocycles. The van der Waals surface area contributed by atoms with E-state index in [9.17, 15) is 19.5 Å². The monoisotopic (exact) mass is 477 g/mol. The zero-order chi connectivity index (χ0) is 24.2. The number of esters is 1. The van der Waals surface area contributed by atoms with Crippen LogP contribution in [0, 0.1) is 0 Å². The van der Waals surface area contributed by atoms with E-state index in [2.05, 4.69) is 4.99 Å². The second kappa shape index (κ2) is 9.88. The predicted octanol–water partition coefficient (Wildman–Crippen LogP) is 0.927. The molecule has 2 heterocycles. The molecule has 0 aliphatic carbocycles. The number of ether oxygens (including phenoxy) is 2. The van der Waals surface area contributed by atoms with Gasteiger partial charge in [0.15, 0.2) is 4.80 Å². The van der Waals surface area contributed by atoms with Crippen LogP contribution >= 0.6 is 11.3 Å². The molecule has 0 N–H and O–H groups in total. The highest BCUT2D eigenvalue weighted by Gasteiger charge is 2.33. The Morgan fingerprint density at radius 1 is 1.15 bits per heavy atom. The number of carbonyl (C=O) groups is 2. The van der Waals surface area contributed by atoms with Gasteiger partial charge in [-0.25, -0.2) is 9.79 Å². The normalized spacial score (nSPS) is 15.5. The maximum Gasteiger partial charge on any atom is 0.338 e. The molecule has 1 aliphatic rings. The van der Waals surface area contributed by atoms with E-state index in [1.165, 1.54) is 15.9 Å². The number of hydrogen-bond donors (Lipinski definition) is 0. The molecule has 174 valence electrons. The highest BCUT2D eigenvalue weighted by Crippen LogP contribution is 2.30. The molecule has 1 atom stereocenters. The van der Waals surface area contributed by atoms with Crippen molar-refractivity contribution in [2.45, 2.75) is 19.9 Å². The van der Waals surface area contributed by atoms with Gasteiger partial charge in [-0.05, 0) is 43.2 Å². The maximum atomic E-state index is 13.5. The van der Waals surface area contributed by atoms with Gasteiger partial charge in [-0.15, -0.1) is 0 Å². The number of benzene rings is 2. The summed E-state index contributed by atoms with van der Waals surface area (Å²) in [5, 5.41) is 10.5. The van der Waals surface area contributed by atoms with E-state index in [0.29, 0.717) is 26.4 Å². The van der Waals surface area contributed by atoms with Gasteiger partial charge in [0.25, 0.3) is 5.56 Å². The van der Waals surface area contributed by atoms with Crippen LogP contribution in [0.2, 0.25) is 0 Å². The van der Waals surface area contributed by atoms with E-state index in [0.717, 1.165) is 11.1 Å². The molecule has 0 unspecified atom stereocenters. The van der Waals surface area contributed by atoms with Crippen LogP contribution in [0.15, 0.2) is 75.7 Å². The van der Waals surface area contributed by atoms with Crippen molar-refractivity contribution in [2.75, 3.05) is 13.2 Å². The summed E-state index contributed by atoms with van der Waals surface area (Å²) in [4.78, 5) is 41.9. The van der Waals surface area contributed by atoms with Crippen LogP contribution in [0.4, 0.5) is 0 Å². The highest BCUT2D eigenvalue weighted by atomic mass is 32.1. The van der Waals surface area contributed by atoms with Crippen LogP contribution in [0.25, 0.3) is 6.08 Å². The number of aliphatic carboxylic acids is 1. The fourth-order valence-electron chi connectivity index (χ4n) is 3.70. The number of thiazole rings is 1. The summed E-state index contributed by atoms with van der Waals surface area (Å²) in [6.45, 7) is 3.14. The first-order valence-electron chi connectivity index (χ1n) is 10.6. The van der Waals surface area contributed by atoms with Crippen LogP contribution in [-0.2, 0) is 14.3 Å². The summed E-state index contributed by atoms with van der Waals surface area (Å²) in [6, 6.07) is 15.3. The van der Waals surface area contributed by atoms with Gasteiger partial charge in [0.05, 0.1) is 34.4 Å². The van der Waals surface area contributed by atoms with Crippen LogP contribution in [0.5, 0.6) is 5.75 Å². The minimum Gasteiger partial charge on any atom is -0.546 e. The molecule has 0 bridgehead atoms. The number of carboxylic acids is 1. The summed E-state index contributed by atoms with van der Waals surface area (Å²) < 4.78 is 12.3. The zero-order valence-corrected chi connectivity index (χ0v) is 19.3. The Balaban J connectivity index is 1.80. The molecule has 0 saturated carbocycles. The molecule has 9 heteroatoms. The number of nitrogens with zero attached hydrogens (tertiary/aromatic N) is 2. The summed E-state index contributed by atoms with van der Waals surface area (Å²) in [6.07, 6.45) is 1.72. The molecule has 1 aliphatic heterocycles. The Morgan fingerprint density at radius 3 is 2.50 bits per heavy atom. The molecule has 0 amide bonds. The largest absolute Gasteiger partial charge is 0.546 e. The summed E-state index contributed by atoms with van der Waals surface area (Å²) in [7, 11) is 0.